The molecular weight excluding hydrogens is 697 g/mol. The van der Waals surface area contributed by atoms with E-state index >= 15 is 0 Å². The van der Waals surface area contributed by atoms with Crippen LogP contribution in [0.25, 0.3) is 44.0 Å². The van der Waals surface area contributed by atoms with Gasteiger partial charge in [0.1, 0.15) is 22.1 Å². The first-order chi connectivity index (χ1) is 25.9. The topological polar surface area (TPSA) is 101 Å². The van der Waals surface area contributed by atoms with Crippen LogP contribution in [0.5, 0.6) is 0 Å². The van der Waals surface area contributed by atoms with Crippen LogP contribution in [0.15, 0.2) is 89.9 Å². The summed E-state index contributed by atoms with van der Waals surface area (Å²) in [5, 5.41) is 1.77. The van der Waals surface area contributed by atoms with E-state index in [4.69, 9.17) is 18.1 Å². The van der Waals surface area contributed by atoms with Gasteiger partial charge in [-0.05, 0) is 92.6 Å². The van der Waals surface area contributed by atoms with Gasteiger partial charge < -0.3 is 4.90 Å². The highest BCUT2D eigenvalue weighted by Gasteiger charge is 2.52. The fourth-order valence-electron chi connectivity index (χ4n) is 9.18. The van der Waals surface area contributed by atoms with E-state index < -0.39 is 5.78 Å². The van der Waals surface area contributed by atoms with Crippen molar-refractivity contribution < 1.29 is 9.59 Å². The second-order valence-corrected chi connectivity index (χ2v) is 16.1. The molecule has 0 amide bonds. The molecule has 3 fully saturated rings. The molecular formula is C43H36N6O2S2. The maximum Gasteiger partial charge on any atom is 0.243 e. The number of rotatable bonds is 5. The number of carbonyl (C=O) groups is 2. The number of aromatic nitrogens is 4. The molecule has 0 bridgehead atoms. The van der Waals surface area contributed by atoms with Crippen molar-refractivity contribution in [3.8, 4) is 11.1 Å². The SMILES string of the molecule is Cc1ccc(N(c2ccc(C)cc2)c2ccc(-c3cc4c(cc(N=C5C(=O)C(=O)C6CC7CCCCC7CC56)c5nsnc54)c4nsnc34)cc2)cc1. The minimum Gasteiger partial charge on any atom is -0.311 e. The van der Waals surface area contributed by atoms with Crippen molar-refractivity contribution in [1.29, 1.82) is 0 Å². The van der Waals surface area contributed by atoms with Gasteiger partial charge in [-0.1, -0.05) is 73.2 Å². The van der Waals surface area contributed by atoms with Gasteiger partial charge in [-0.3, -0.25) is 9.59 Å². The van der Waals surface area contributed by atoms with E-state index in [1.807, 2.05) is 6.07 Å². The van der Waals surface area contributed by atoms with Crippen LogP contribution in [0.4, 0.5) is 22.7 Å². The smallest absolute Gasteiger partial charge is 0.243 e. The minimum atomic E-state index is -0.419. The first-order valence-corrected chi connectivity index (χ1v) is 19.9. The van der Waals surface area contributed by atoms with E-state index in [1.54, 1.807) is 0 Å². The summed E-state index contributed by atoms with van der Waals surface area (Å²) in [5.41, 5.74) is 11.5. The van der Waals surface area contributed by atoms with Gasteiger partial charge in [0.05, 0.1) is 34.9 Å². The number of ketones is 2. The maximum atomic E-state index is 13.5. The average molecular weight is 733 g/mol. The van der Waals surface area contributed by atoms with Crippen molar-refractivity contribution >= 4 is 96.3 Å². The number of benzene rings is 5. The number of hydrogen-bond donors (Lipinski definition) is 0. The van der Waals surface area contributed by atoms with Crippen LogP contribution < -0.4 is 4.90 Å². The molecule has 4 atom stereocenters. The van der Waals surface area contributed by atoms with Crippen LogP contribution in [-0.2, 0) is 9.59 Å². The fraction of sp³-hybridized carbons (Fsp3) is 0.279. The van der Waals surface area contributed by atoms with Crippen LogP contribution >= 0.6 is 23.5 Å². The van der Waals surface area contributed by atoms with Gasteiger partial charge in [0, 0.05) is 45.2 Å². The lowest BCUT2D eigenvalue weighted by Crippen LogP contribution is -2.35. The normalized spacial score (nSPS) is 22.2. The van der Waals surface area contributed by atoms with Gasteiger partial charge in [0.15, 0.2) is 0 Å². The molecule has 4 unspecified atom stereocenters. The Morgan fingerprint density at radius 3 is 1.75 bits per heavy atom. The highest BCUT2D eigenvalue weighted by Crippen LogP contribution is 2.49. The fourth-order valence-corrected chi connectivity index (χ4v) is 10.3. The lowest BCUT2D eigenvalue weighted by atomic mass is 9.64. The molecule has 8 nitrogen and oxygen atoms in total. The Bertz CT molecular complexity index is 2560. The Morgan fingerprint density at radius 1 is 0.623 bits per heavy atom. The van der Waals surface area contributed by atoms with Gasteiger partial charge in [-0.15, -0.1) is 0 Å². The van der Waals surface area contributed by atoms with Crippen molar-refractivity contribution in [3.63, 3.8) is 0 Å². The lowest BCUT2D eigenvalue weighted by Gasteiger charge is -2.40. The number of fused-ring (bicyclic) bond motifs is 7. The second kappa shape index (κ2) is 12.7. The Labute approximate surface area is 315 Å². The first kappa shape index (κ1) is 32.5. The Hall–Kier alpha value is -5.19. The van der Waals surface area contributed by atoms with Gasteiger partial charge in [0.2, 0.25) is 11.6 Å². The highest BCUT2D eigenvalue weighted by molar-refractivity contribution is 7.00. The zero-order chi connectivity index (χ0) is 35.8. The molecule has 3 aliphatic carbocycles. The molecule has 2 aromatic heterocycles. The zero-order valence-corrected chi connectivity index (χ0v) is 31.1. The van der Waals surface area contributed by atoms with Crippen LogP contribution in [-0.4, -0.2) is 34.8 Å². The summed E-state index contributed by atoms with van der Waals surface area (Å²) in [7, 11) is 0. The standard InChI is InChI=1S/C43H36N6O2S2/c1-23-7-13-28(14-8-23)49(29-15-9-24(2)10-16-29)30-17-11-25(12-18-30)31-21-33-34(38-37(31)45-52-46-38)22-36(41-39(33)47-53-48-41)44-40-32-19-26-5-3-4-6-27(26)20-35(32)42(50)43(40)51/h7-18,21-22,26-27,32,35H,3-6,19-20H2,1-2H3. The van der Waals surface area contributed by atoms with E-state index in [0.29, 0.717) is 34.3 Å². The molecule has 10 rings (SSSR count). The maximum absolute atomic E-state index is 13.5. The number of hydrogen-bond acceptors (Lipinski definition) is 10. The summed E-state index contributed by atoms with van der Waals surface area (Å²) in [4.78, 5) is 34.1. The highest BCUT2D eigenvalue weighted by atomic mass is 32.1. The van der Waals surface area contributed by atoms with E-state index in [0.717, 1.165) is 74.6 Å². The van der Waals surface area contributed by atoms with Gasteiger partial charge >= 0.3 is 0 Å². The summed E-state index contributed by atoms with van der Waals surface area (Å²) in [5.74, 6) is 0.0760. The molecule has 262 valence electrons. The molecule has 5 aromatic carbocycles. The van der Waals surface area contributed by atoms with E-state index in [2.05, 4.69) is 102 Å². The largest absolute Gasteiger partial charge is 0.311 e. The first-order valence-electron chi connectivity index (χ1n) is 18.5. The monoisotopic (exact) mass is 732 g/mol. The van der Waals surface area contributed by atoms with Crippen LogP contribution in [0, 0.1) is 37.5 Å². The molecule has 0 radical (unpaired) electrons. The molecule has 0 N–H and O–H groups in total. The van der Waals surface area contributed by atoms with Crippen LogP contribution in [0.3, 0.4) is 0 Å². The van der Waals surface area contributed by atoms with E-state index in [9.17, 15) is 9.59 Å². The van der Waals surface area contributed by atoms with E-state index in [-0.39, 0.29) is 17.6 Å². The summed E-state index contributed by atoms with van der Waals surface area (Å²) in [6.07, 6.45) is 6.48. The molecule has 0 saturated heterocycles. The van der Waals surface area contributed by atoms with Crippen LogP contribution in [0.1, 0.15) is 49.7 Å². The number of aliphatic imine (C=N–C) groups is 1. The average Bonchev–Trinajstić information content (AvgIpc) is 3.93. The molecule has 3 aliphatic rings. The summed E-state index contributed by atoms with van der Waals surface area (Å²) < 4.78 is 19.0. The Morgan fingerprint density at radius 2 is 1.13 bits per heavy atom. The third-order valence-electron chi connectivity index (χ3n) is 11.9. The molecule has 53 heavy (non-hydrogen) atoms. The van der Waals surface area contributed by atoms with Crippen molar-refractivity contribution in [2.24, 2.45) is 28.7 Å². The molecule has 3 saturated carbocycles. The third kappa shape index (κ3) is 5.41. The Balaban J connectivity index is 1.06. The molecule has 2 heterocycles. The van der Waals surface area contributed by atoms with Crippen molar-refractivity contribution in [2.45, 2.75) is 52.4 Å². The van der Waals surface area contributed by atoms with Gasteiger partial charge in [-0.2, -0.15) is 17.5 Å². The number of anilines is 3. The predicted octanol–water partition coefficient (Wildman–Crippen LogP) is 10.7. The number of aryl methyl sites for hydroxylation is 2. The minimum absolute atomic E-state index is 0.120. The van der Waals surface area contributed by atoms with Gasteiger partial charge in [-0.25, -0.2) is 4.99 Å². The zero-order valence-electron chi connectivity index (χ0n) is 29.5. The second-order valence-electron chi connectivity index (χ2n) is 15.1. The molecule has 0 spiro atoms. The van der Waals surface area contributed by atoms with Crippen molar-refractivity contribution in [3.05, 3.63) is 96.1 Å². The third-order valence-corrected chi connectivity index (χ3v) is 13.0. The molecule has 7 aromatic rings. The summed E-state index contributed by atoms with van der Waals surface area (Å²) in [6.45, 7) is 4.20. The summed E-state index contributed by atoms with van der Waals surface area (Å²) in [6, 6.07) is 29.9. The lowest BCUT2D eigenvalue weighted by molar-refractivity contribution is -0.135. The van der Waals surface area contributed by atoms with Crippen LogP contribution in [0.2, 0.25) is 0 Å². The summed E-state index contributed by atoms with van der Waals surface area (Å²) >= 11 is 2.31. The predicted molar refractivity (Wildman–Crippen MR) is 214 cm³/mol. The van der Waals surface area contributed by atoms with Crippen molar-refractivity contribution in [1.82, 2.24) is 17.5 Å². The van der Waals surface area contributed by atoms with Gasteiger partial charge in [0.25, 0.3) is 0 Å². The molecule has 10 heteroatoms. The number of carbonyl (C=O) groups excluding carboxylic acids is 2. The number of nitrogens with zero attached hydrogens (tertiary/aromatic N) is 6. The molecule has 0 aliphatic heterocycles. The quantitative estimate of drug-likeness (QED) is 0.162. The van der Waals surface area contributed by atoms with E-state index in [1.165, 1.54) is 48.5 Å². The van der Waals surface area contributed by atoms with Crippen molar-refractivity contribution in [2.75, 3.05) is 4.90 Å². The number of Topliss-reactive ketones (excluding diaryl/α,β-unsaturated/α-hetero) is 2. The Kier molecular flexibility index (Phi) is 7.80.